The molecule has 2 heterocycles. The van der Waals surface area contributed by atoms with E-state index in [9.17, 15) is 23.9 Å². The highest BCUT2D eigenvalue weighted by atomic mass is 35.5. The van der Waals surface area contributed by atoms with E-state index in [2.05, 4.69) is 5.43 Å². The van der Waals surface area contributed by atoms with Crippen LogP contribution in [0.1, 0.15) is 50.7 Å². The van der Waals surface area contributed by atoms with Crippen LogP contribution in [0.25, 0.3) is 10.8 Å². The molecule has 2 N–H and O–H groups in total. The number of hydrazine groups is 1. The van der Waals surface area contributed by atoms with Gasteiger partial charge < -0.3 is 5.11 Å². The minimum Gasteiger partial charge on any atom is -0.507 e. The molecule has 3 fully saturated rings. The fraction of sp³-hybridized carbons (Fsp3) is 0.300. The second-order valence-corrected chi connectivity index (χ2v) is 15.2. The van der Waals surface area contributed by atoms with E-state index in [0.29, 0.717) is 27.2 Å². The highest BCUT2D eigenvalue weighted by Crippen LogP contribution is 2.65. The minimum absolute atomic E-state index is 0.0285. The molecular formula is C40H35ClFN3O5. The van der Waals surface area contributed by atoms with Crippen LogP contribution in [0.3, 0.4) is 0 Å². The van der Waals surface area contributed by atoms with E-state index in [-0.39, 0.29) is 30.4 Å². The molecule has 6 atom stereocenters. The SMILES string of the molecule is CC(C)(C)N1C(=O)C2CC=C3C(CC4C(=O)N(Nc5ccc(F)cc5)C(=O)C4(c4ccc(Cl)cc4)C3c3ccc4ccccc4c3O)C2C1=O. The van der Waals surface area contributed by atoms with Gasteiger partial charge in [0.05, 0.1) is 28.9 Å². The number of halogens is 2. The Morgan fingerprint density at radius 3 is 2.26 bits per heavy atom. The zero-order valence-corrected chi connectivity index (χ0v) is 28.4. The first-order chi connectivity index (χ1) is 23.8. The summed E-state index contributed by atoms with van der Waals surface area (Å²) in [7, 11) is 0. The summed E-state index contributed by atoms with van der Waals surface area (Å²) in [6.07, 6.45) is 2.35. The van der Waals surface area contributed by atoms with Gasteiger partial charge in [-0.25, -0.2) is 4.39 Å². The maximum Gasteiger partial charge on any atom is 0.260 e. The van der Waals surface area contributed by atoms with E-state index in [1.54, 1.807) is 36.4 Å². The topological polar surface area (TPSA) is 107 Å². The molecular weight excluding hydrogens is 657 g/mol. The molecule has 4 amide bonds. The Labute approximate surface area is 293 Å². The number of fused-ring (bicyclic) bond motifs is 5. The Morgan fingerprint density at radius 2 is 1.56 bits per heavy atom. The Kier molecular flexibility index (Phi) is 7.25. The van der Waals surface area contributed by atoms with Crippen LogP contribution < -0.4 is 5.43 Å². The Morgan fingerprint density at radius 1 is 0.860 bits per heavy atom. The zero-order chi connectivity index (χ0) is 35.3. The smallest absolute Gasteiger partial charge is 0.260 e. The standard InChI is InChI=1S/C40H35ClFN3O5/c1-39(2,3)44-35(47)28-19-18-27-30(32(28)37(44)49)20-31-36(48)45(43-25-15-13-24(42)14-16-25)38(50)40(31,22-9-11-23(41)12-10-22)33(27)29-17-8-21-6-4-5-7-26(21)34(29)46/h4-18,28,30-33,43,46H,19-20H2,1-3H3. The number of carbonyl (C=O) groups is 4. The number of hydrogen-bond acceptors (Lipinski definition) is 6. The normalized spacial score (nSPS) is 27.7. The lowest BCUT2D eigenvalue weighted by Crippen LogP contribution is -2.53. The Balaban J connectivity index is 1.39. The van der Waals surface area contributed by atoms with Gasteiger partial charge in [-0.15, -0.1) is 0 Å². The summed E-state index contributed by atoms with van der Waals surface area (Å²) in [6.45, 7) is 5.49. The number of rotatable bonds is 4. The van der Waals surface area contributed by atoms with E-state index in [1.807, 2.05) is 51.1 Å². The number of nitrogens with one attached hydrogen (secondary N) is 1. The Hall–Kier alpha value is -5.02. The number of phenolic OH excluding ortho intramolecular Hbond substituents is 1. The van der Waals surface area contributed by atoms with Crippen LogP contribution in [-0.2, 0) is 24.6 Å². The Bertz CT molecular complexity index is 2140. The highest BCUT2D eigenvalue weighted by molar-refractivity contribution is 6.30. The van der Waals surface area contributed by atoms with Crippen molar-refractivity contribution in [2.75, 3.05) is 5.43 Å². The maximum atomic E-state index is 15.3. The van der Waals surface area contributed by atoms with Gasteiger partial charge in [0.1, 0.15) is 11.6 Å². The number of aromatic hydroxyl groups is 1. The minimum atomic E-state index is -1.58. The van der Waals surface area contributed by atoms with Crippen molar-refractivity contribution in [2.45, 2.75) is 50.5 Å². The van der Waals surface area contributed by atoms with Crippen LogP contribution >= 0.6 is 11.6 Å². The lowest BCUT2D eigenvalue weighted by Gasteiger charge is -2.50. The van der Waals surface area contributed by atoms with Gasteiger partial charge in [0.25, 0.3) is 11.8 Å². The van der Waals surface area contributed by atoms with Crippen LogP contribution in [0.5, 0.6) is 5.75 Å². The number of allylic oxidation sites excluding steroid dienone is 2. The number of phenols is 1. The van der Waals surface area contributed by atoms with Crippen molar-refractivity contribution in [1.29, 1.82) is 0 Å². The third kappa shape index (κ3) is 4.48. The quantitative estimate of drug-likeness (QED) is 0.174. The number of benzene rings is 4. The van der Waals surface area contributed by atoms with Gasteiger partial charge in [-0.1, -0.05) is 71.8 Å². The molecule has 0 radical (unpaired) electrons. The lowest BCUT2D eigenvalue weighted by atomic mass is 9.49. The third-order valence-electron chi connectivity index (χ3n) is 11.2. The summed E-state index contributed by atoms with van der Waals surface area (Å²) in [6, 6.07) is 23.2. The van der Waals surface area contributed by atoms with Crippen molar-refractivity contribution in [1.82, 2.24) is 9.91 Å². The van der Waals surface area contributed by atoms with Crippen molar-refractivity contribution >= 4 is 51.7 Å². The number of carbonyl (C=O) groups excluding carboxylic acids is 4. The summed E-state index contributed by atoms with van der Waals surface area (Å²) < 4.78 is 13.9. The fourth-order valence-electron chi connectivity index (χ4n) is 9.17. The van der Waals surface area contributed by atoms with E-state index < -0.39 is 58.2 Å². The first-order valence-electron chi connectivity index (χ1n) is 16.8. The zero-order valence-electron chi connectivity index (χ0n) is 27.7. The summed E-state index contributed by atoms with van der Waals surface area (Å²) >= 11 is 6.37. The predicted octanol–water partition coefficient (Wildman–Crippen LogP) is 7.12. The summed E-state index contributed by atoms with van der Waals surface area (Å²) in [5.41, 5.74) is 2.65. The van der Waals surface area contributed by atoms with Gasteiger partial charge >= 0.3 is 0 Å². The molecule has 4 aliphatic rings. The molecule has 8 nitrogen and oxygen atoms in total. The fourth-order valence-corrected chi connectivity index (χ4v) is 9.29. The maximum absolute atomic E-state index is 15.3. The molecule has 8 rings (SSSR count). The number of amides is 4. The molecule has 2 aliphatic heterocycles. The number of likely N-dealkylation sites (tertiary alicyclic amines) is 1. The average Bonchev–Trinajstić information content (AvgIpc) is 3.47. The lowest BCUT2D eigenvalue weighted by molar-refractivity contribution is -0.146. The number of anilines is 1. The average molecular weight is 692 g/mol. The first-order valence-corrected chi connectivity index (χ1v) is 17.2. The molecule has 4 aromatic carbocycles. The van der Waals surface area contributed by atoms with E-state index in [1.165, 1.54) is 29.2 Å². The molecule has 10 heteroatoms. The molecule has 0 aromatic heterocycles. The van der Waals surface area contributed by atoms with Gasteiger partial charge in [0, 0.05) is 27.4 Å². The van der Waals surface area contributed by atoms with Crippen molar-refractivity contribution in [3.05, 3.63) is 119 Å². The highest BCUT2D eigenvalue weighted by Gasteiger charge is 2.71. The number of hydrogen-bond donors (Lipinski definition) is 2. The van der Waals surface area contributed by atoms with Crippen LogP contribution in [0.2, 0.25) is 5.02 Å². The molecule has 4 aromatic rings. The molecule has 2 aliphatic carbocycles. The van der Waals surface area contributed by atoms with Crippen LogP contribution in [-0.4, -0.2) is 44.2 Å². The third-order valence-corrected chi connectivity index (χ3v) is 11.4. The van der Waals surface area contributed by atoms with Gasteiger partial charge in [-0.05, 0) is 86.9 Å². The van der Waals surface area contributed by atoms with Crippen molar-refractivity contribution < 1.29 is 28.7 Å². The summed E-state index contributed by atoms with van der Waals surface area (Å²) in [5, 5.41) is 14.9. The van der Waals surface area contributed by atoms with Crippen LogP contribution in [0.4, 0.5) is 10.1 Å². The van der Waals surface area contributed by atoms with E-state index in [0.717, 1.165) is 16.0 Å². The second-order valence-electron chi connectivity index (χ2n) is 14.8. The van der Waals surface area contributed by atoms with Crippen molar-refractivity contribution in [3.63, 3.8) is 0 Å². The molecule has 2 saturated heterocycles. The largest absolute Gasteiger partial charge is 0.507 e. The van der Waals surface area contributed by atoms with Crippen molar-refractivity contribution in [3.8, 4) is 5.75 Å². The van der Waals surface area contributed by atoms with E-state index in [4.69, 9.17) is 11.6 Å². The molecule has 50 heavy (non-hydrogen) atoms. The molecule has 0 spiro atoms. The van der Waals surface area contributed by atoms with Gasteiger partial charge in [0.2, 0.25) is 11.8 Å². The second kappa shape index (κ2) is 11.3. The summed E-state index contributed by atoms with van der Waals surface area (Å²) in [5.74, 6) is -5.93. The monoisotopic (exact) mass is 691 g/mol. The van der Waals surface area contributed by atoms with Crippen LogP contribution in [0, 0.1) is 29.5 Å². The van der Waals surface area contributed by atoms with Gasteiger partial charge in [-0.3, -0.25) is 29.5 Å². The molecule has 1 saturated carbocycles. The van der Waals surface area contributed by atoms with Gasteiger partial charge in [0.15, 0.2) is 0 Å². The molecule has 6 unspecified atom stereocenters. The number of nitrogens with zero attached hydrogens (tertiary/aromatic N) is 2. The van der Waals surface area contributed by atoms with E-state index >= 15 is 4.79 Å². The van der Waals surface area contributed by atoms with Gasteiger partial charge in [-0.2, -0.15) is 5.01 Å². The molecule has 254 valence electrons. The number of imide groups is 2. The predicted molar refractivity (Wildman–Crippen MR) is 186 cm³/mol. The summed E-state index contributed by atoms with van der Waals surface area (Å²) in [4.78, 5) is 59.5. The van der Waals surface area contributed by atoms with Crippen molar-refractivity contribution in [2.24, 2.45) is 23.7 Å². The molecule has 0 bridgehead atoms. The first kappa shape index (κ1) is 32.2. The van der Waals surface area contributed by atoms with Crippen LogP contribution in [0.15, 0.2) is 96.6 Å².